The van der Waals surface area contributed by atoms with Crippen LogP contribution in [0.15, 0.2) is 0 Å². The zero-order valence-corrected chi connectivity index (χ0v) is 10.8. The molecule has 0 aromatic heterocycles. The van der Waals surface area contributed by atoms with E-state index in [1.54, 1.807) is 7.05 Å². The lowest BCUT2D eigenvalue weighted by atomic mass is 9.97. The van der Waals surface area contributed by atoms with Crippen LogP contribution in [0.4, 0.5) is 0 Å². The second-order valence-electron chi connectivity index (χ2n) is 4.93. The first kappa shape index (κ1) is 13.5. The van der Waals surface area contributed by atoms with E-state index < -0.39 is 0 Å². The Hall–Kier alpha value is -0.610. The highest BCUT2D eigenvalue weighted by Gasteiger charge is 2.21. The first-order valence-electron chi connectivity index (χ1n) is 6.28. The van der Waals surface area contributed by atoms with Crippen molar-refractivity contribution in [2.24, 2.45) is 5.92 Å². The van der Waals surface area contributed by atoms with Gasteiger partial charge < -0.3 is 15.5 Å². The topological polar surface area (TPSA) is 44.4 Å². The van der Waals surface area contributed by atoms with Crippen molar-refractivity contribution >= 4 is 5.91 Å². The lowest BCUT2D eigenvalue weighted by molar-refractivity contribution is -0.120. The molecule has 1 heterocycles. The summed E-state index contributed by atoms with van der Waals surface area (Å²) in [6, 6.07) is 0.621. The van der Waals surface area contributed by atoms with Crippen LogP contribution in [0.5, 0.6) is 0 Å². The number of carbonyl (C=O) groups is 1. The van der Waals surface area contributed by atoms with Gasteiger partial charge in [-0.05, 0) is 46.2 Å². The highest BCUT2D eigenvalue weighted by molar-refractivity contribution is 5.77. The molecule has 0 aromatic carbocycles. The summed E-state index contributed by atoms with van der Waals surface area (Å²) in [4.78, 5) is 13.8. The van der Waals surface area contributed by atoms with Crippen molar-refractivity contribution in [3.8, 4) is 0 Å². The summed E-state index contributed by atoms with van der Waals surface area (Å²) in [5, 5.41) is 5.84. The molecule has 4 nitrogen and oxygen atoms in total. The molecule has 2 N–H and O–H groups in total. The number of likely N-dealkylation sites (tertiary alicyclic amines) is 1. The number of hydrogen-bond donors (Lipinski definition) is 2. The van der Waals surface area contributed by atoms with Gasteiger partial charge in [0.25, 0.3) is 0 Å². The normalized spacial score (nSPS) is 22.4. The summed E-state index contributed by atoms with van der Waals surface area (Å²) < 4.78 is 0. The minimum Gasteiger partial charge on any atom is -0.355 e. The molecule has 16 heavy (non-hydrogen) atoms. The Balaban J connectivity index is 2.24. The molecule has 0 aromatic rings. The van der Waals surface area contributed by atoms with Crippen molar-refractivity contribution < 1.29 is 4.79 Å². The lowest BCUT2D eigenvalue weighted by Gasteiger charge is -2.35. The van der Waals surface area contributed by atoms with E-state index in [0.717, 1.165) is 13.1 Å². The van der Waals surface area contributed by atoms with Crippen molar-refractivity contribution in [1.29, 1.82) is 0 Å². The van der Waals surface area contributed by atoms with Gasteiger partial charge in [-0.3, -0.25) is 4.79 Å². The molecule has 1 saturated heterocycles. The van der Waals surface area contributed by atoms with E-state index >= 15 is 0 Å². The number of rotatable bonds is 5. The monoisotopic (exact) mass is 227 g/mol. The minimum absolute atomic E-state index is 0.101. The molecule has 94 valence electrons. The summed E-state index contributed by atoms with van der Waals surface area (Å²) in [7, 11) is 1.79. The van der Waals surface area contributed by atoms with Crippen LogP contribution in [0, 0.1) is 5.92 Å². The molecule has 0 aliphatic carbocycles. The van der Waals surface area contributed by atoms with Crippen LogP contribution in [-0.2, 0) is 4.79 Å². The first-order chi connectivity index (χ1) is 7.63. The third-order valence-electron chi connectivity index (χ3n) is 3.21. The second-order valence-corrected chi connectivity index (χ2v) is 4.93. The van der Waals surface area contributed by atoms with E-state index in [9.17, 15) is 4.79 Å². The Morgan fingerprint density at radius 3 is 2.88 bits per heavy atom. The first-order valence-corrected chi connectivity index (χ1v) is 6.28. The minimum atomic E-state index is 0.101. The van der Waals surface area contributed by atoms with Gasteiger partial charge in [-0.2, -0.15) is 0 Å². The molecule has 1 aliphatic rings. The van der Waals surface area contributed by atoms with Crippen LogP contribution in [0.3, 0.4) is 0 Å². The van der Waals surface area contributed by atoms with Gasteiger partial charge in [-0.15, -0.1) is 0 Å². The van der Waals surface area contributed by atoms with E-state index in [1.807, 2.05) is 0 Å². The molecule has 1 aliphatic heterocycles. The number of piperidine rings is 1. The van der Waals surface area contributed by atoms with Gasteiger partial charge >= 0.3 is 0 Å². The number of likely N-dealkylation sites (N-methyl/N-ethyl adjacent to an activating group) is 1. The van der Waals surface area contributed by atoms with E-state index in [-0.39, 0.29) is 5.91 Å². The Labute approximate surface area is 98.8 Å². The third kappa shape index (κ3) is 4.49. The molecule has 0 spiro atoms. The van der Waals surface area contributed by atoms with Crippen LogP contribution in [0.1, 0.15) is 26.7 Å². The van der Waals surface area contributed by atoms with Gasteiger partial charge in [0.15, 0.2) is 0 Å². The summed E-state index contributed by atoms with van der Waals surface area (Å²) in [6.07, 6.45) is 2.49. The second kappa shape index (κ2) is 6.86. The maximum Gasteiger partial charge on any atom is 0.233 e. The molecule has 4 heteroatoms. The fourth-order valence-corrected chi connectivity index (χ4v) is 2.21. The predicted octanol–water partition coefficient (Wildman–Crippen LogP) is 0.442. The standard InChI is InChI=1S/C12H25N3O/c1-10(2)15-6-4-5-11(9-15)7-14-12(16)8-13-3/h10-11,13H,4-9H2,1-3H3,(H,14,16). The third-order valence-corrected chi connectivity index (χ3v) is 3.21. The maximum atomic E-state index is 11.3. The van der Waals surface area contributed by atoms with Gasteiger partial charge in [0.05, 0.1) is 6.54 Å². The molecular weight excluding hydrogens is 202 g/mol. The Bertz CT molecular complexity index is 218. The molecule has 0 radical (unpaired) electrons. The van der Waals surface area contributed by atoms with Crippen molar-refractivity contribution in [2.45, 2.75) is 32.7 Å². The smallest absolute Gasteiger partial charge is 0.233 e. The zero-order chi connectivity index (χ0) is 12.0. The van der Waals surface area contributed by atoms with Gasteiger partial charge in [0.1, 0.15) is 0 Å². The lowest BCUT2D eigenvalue weighted by Crippen LogP contribution is -2.44. The predicted molar refractivity (Wildman–Crippen MR) is 66.4 cm³/mol. The SMILES string of the molecule is CNCC(=O)NCC1CCCN(C(C)C)C1. The number of carbonyl (C=O) groups excluding carboxylic acids is 1. The molecule has 1 atom stereocenters. The van der Waals surface area contributed by atoms with Crippen molar-refractivity contribution in [3.63, 3.8) is 0 Å². The average Bonchev–Trinajstić information content (AvgIpc) is 2.27. The van der Waals surface area contributed by atoms with Crippen LogP contribution < -0.4 is 10.6 Å². The summed E-state index contributed by atoms with van der Waals surface area (Å²) in [5.41, 5.74) is 0. The number of nitrogens with zero attached hydrogens (tertiary/aromatic N) is 1. The highest BCUT2D eigenvalue weighted by Crippen LogP contribution is 2.17. The van der Waals surface area contributed by atoms with E-state index in [4.69, 9.17) is 0 Å². The molecule has 0 bridgehead atoms. The summed E-state index contributed by atoms with van der Waals surface area (Å²) in [6.45, 7) is 8.05. The van der Waals surface area contributed by atoms with Crippen molar-refractivity contribution in [2.75, 3.05) is 33.2 Å². The molecule has 1 amide bonds. The Morgan fingerprint density at radius 2 is 2.25 bits per heavy atom. The molecule has 0 saturated carbocycles. The molecule has 1 fully saturated rings. The number of nitrogens with one attached hydrogen (secondary N) is 2. The average molecular weight is 227 g/mol. The van der Waals surface area contributed by atoms with Gasteiger partial charge in [-0.1, -0.05) is 0 Å². The van der Waals surface area contributed by atoms with Crippen molar-refractivity contribution in [1.82, 2.24) is 15.5 Å². The van der Waals surface area contributed by atoms with Crippen LogP contribution in [0.25, 0.3) is 0 Å². The quantitative estimate of drug-likeness (QED) is 0.716. The molecule has 1 rings (SSSR count). The fraction of sp³-hybridized carbons (Fsp3) is 0.917. The van der Waals surface area contributed by atoms with E-state index in [2.05, 4.69) is 29.4 Å². The van der Waals surface area contributed by atoms with Gasteiger partial charge in [0.2, 0.25) is 5.91 Å². The number of hydrogen-bond acceptors (Lipinski definition) is 3. The van der Waals surface area contributed by atoms with Crippen LogP contribution in [-0.4, -0.2) is 50.1 Å². The van der Waals surface area contributed by atoms with Crippen LogP contribution in [0.2, 0.25) is 0 Å². The Kier molecular flexibility index (Phi) is 5.77. The Morgan fingerprint density at radius 1 is 1.50 bits per heavy atom. The van der Waals surface area contributed by atoms with E-state index in [1.165, 1.54) is 19.4 Å². The van der Waals surface area contributed by atoms with Crippen LogP contribution >= 0.6 is 0 Å². The maximum absolute atomic E-state index is 11.3. The van der Waals surface area contributed by atoms with E-state index in [0.29, 0.717) is 18.5 Å². The largest absolute Gasteiger partial charge is 0.355 e. The van der Waals surface area contributed by atoms with Crippen molar-refractivity contribution in [3.05, 3.63) is 0 Å². The zero-order valence-electron chi connectivity index (χ0n) is 10.8. The number of amides is 1. The summed E-state index contributed by atoms with van der Waals surface area (Å²) in [5.74, 6) is 0.723. The fourth-order valence-electron chi connectivity index (χ4n) is 2.21. The van der Waals surface area contributed by atoms with Gasteiger partial charge in [-0.25, -0.2) is 0 Å². The summed E-state index contributed by atoms with van der Waals surface area (Å²) >= 11 is 0. The van der Waals surface area contributed by atoms with Gasteiger partial charge in [0, 0.05) is 19.1 Å². The highest BCUT2D eigenvalue weighted by atomic mass is 16.1. The molecule has 1 unspecified atom stereocenters. The molecular formula is C12H25N3O.